The number of aryl methyl sites for hydroxylation is 1. The maximum atomic E-state index is 12.9. The van der Waals surface area contributed by atoms with Gasteiger partial charge in [0.15, 0.2) is 0 Å². The normalized spacial score (nSPS) is 16.5. The number of amides is 3. The van der Waals surface area contributed by atoms with Crippen molar-refractivity contribution in [3.8, 4) is 5.88 Å². The van der Waals surface area contributed by atoms with Crippen LogP contribution in [0, 0.1) is 6.92 Å². The number of hydrogen-bond donors (Lipinski definition) is 2. The minimum atomic E-state index is -1.01. The summed E-state index contributed by atoms with van der Waals surface area (Å²) in [7, 11) is 1.51. The Labute approximate surface area is 196 Å². The van der Waals surface area contributed by atoms with Crippen LogP contribution < -0.4 is 15.4 Å². The summed E-state index contributed by atoms with van der Waals surface area (Å²) in [5.41, 5.74) is 0.908. The van der Waals surface area contributed by atoms with E-state index >= 15 is 0 Å². The monoisotopic (exact) mass is 478 g/mol. The third-order valence-corrected chi connectivity index (χ3v) is 6.05. The topological polar surface area (TPSA) is 110 Å². The summed E-state index contributed by atoms with van der Waals surface area (Å²) < 4.78 is 5.23. The summed E-state index contributed by atoms with van der Waals surface area (Å²) in [5.74, 6) is -0.856. The highest BCUT2D eigenvalue weighted by Crippen LogP contribution is 2.37. The Morgan fingerprint density at radius 2 is 1.94 bits per heavy atom. The van der Waals surface area contributed by atoms with Crippen molar-refractivity contribution in [2.24, 2.45) is 0 Å². The maximum Gasteiger partial charge on any atom is 0.234 e. The lowest BCUT2D eigenvalue weighted by molar-refractivity contribution is -0.134. The quantitative estimate of drug-likeness (QED) is 0.616. The van der Waals surface area contributed by atoms with E-state index in [0.717, 1.165) is 5.56 Å². The van der Waals surface area contributed by atoms with Crippen molar-refractivity contribution >= 4 is 40.9 Å². The molecule has 3 rings (SSSR count). The smallest absolute Gasteiger partial charge is 0.234 e. The van der Waals surface area contributed by atoms with Gasteiger partial charge in [-0.3, -0.25) is 19.7 Å². The van der Waals surface area contributed by atoms with Crippen LogP contribution in [0.25, 0.3) is 0 Å². The van der Waals surface area contributed by atoms with Crippen molar-refractivity contribution in [3.63, 3.8) is 0 Å². The van der Waals surface area contributed by atoms with Crippen molar-refractivity contribution in [3.05, 3.63) is 50.9 Å². The lowest BCUT2D eigenvalue weighted by Gasteiger charge is -2.24. The number of nitrogens with one attached hydrogen (secondary N) is 2. The van der Waals surface area contributed by atoms with Gasteiger partial charge >= 0.3 is 0 Å². The Bertz CT molecular complexity index is 1060. The van der Waals surface area contributed by atoms with Crippen molar-refractivity contribution < 1.29 is 19.1 Å². The summed E-state index contributed by atoms with van der Waals surface area (Å²) in [6.45, 7) is 5.43. The van der Waals surface area contributed by atoms with Crippen molar-refractivity contribution in [1.82, 2.24) is 20.6 Å². The SMILES string of the molecule is COc1nc(C(C)(C)C(=O)NCc2cc(Cl)c(C3CCC(=O)NC3=O)c(Cl)c2)ncc1C. The summed E-state index contributed by atoms with van der Waals surface area (Å²) in [4.78, 5) is 45.1. The summed E-state index contributed by atoms with van der Waals surface area (Å²) >= 11 is 12.8. The van der Waals surface area contributed by atoms with Crippen LogP contribution in [0.15, 0.2) is 18.3 Å². The molecular formula is C22H24Cl2N4O4. The third-order valence-electron chi connectivity index (χ3n) is 5.42. The molecule has 2 aromatic rings. The van der Waals surface area contributed by atoms with Crippen LogP contribution in [-0.2, 0) is 26.3 Å². The number of aromatic nitrogens is 2. The van der Waals surface area contributed by atoms with Gasteiger partial charge in [0.1, 0.15) is 11.2 Å². The van der Waals surface area contributed by atoms with Gasteiger partial charge in [-0.05, 0) is 44.9 Å². The fourth-order valence-corrected chi connectivity index (χ4v) is 4.28. The minimum absolute atomic E-state index is 0.167. The number of piperidine rings is 1. The summed E-state index contributed by atoms with van der Waals surface area (Å²) in [5, 5.41) is 5.78. The van der Waals surface area contributed by atoms with E-state index in [9.17, 15) is 14.4 Å². The second kappa shape index (κ2) is 9.42. The zero-order valence-corrected chi connectivity index (χ0v) is 19.7. The first-order valence-electron chi connectivity index (χ1n) is 10.0. The van der Waals surface area contributed by atoms with E-state index in [1.165, 1.54) is 7.11 Å². The number of carbonyl (C=O) groups excluding carboxylic acids is 3. The van der Waals surface area contributed by atoms with Crippen molar-refractivity contribution in [2.45, 2.75) is 51.5 Å². The number of imide groups is 1. The fraction of sp³-hybridized carbons (Fsp3) is 0.409. The lowest BCUT2D eigenvalue weighted by atomic mass is 9.89. The number of benzene rings is 1. The first-order chi connectivity index (χ1) is 15.0. The number of carbonyl (C=O) groups is 3. The highest BCUT2D eigenvalue weighted by molar-refractivity contribution is 6.36. The molecule has 8 nitrogen and oxygen atoms in total. The van der Waals surface area contributed by atoms with Gasteiger partial charge in [-0.15, -0.1) is 0 Å². The first-order valence-corrected chi connectivity index (χ1v) is 10.8. The molecule has 1 aromatic carbocycles. The van der Waals surface area contributed by atoms with E-state index < -0.39 is 17.2 Å². The molecule has 0 radical (unpaired) electrons. The van der Waals surface area contributed by atoms with Crippen LogP contribution in [0.5, 0.6) is 5.88 Å². The van der Waals surface area contributed by atoms with Crippen LogP contribution in [0.1, 0.15) is 55.1 Å². The van der Waals surface area contributed by atoms with Gasteiger partial charge in [-0.2, -0.15) is 4.98 Å². The predicted octanol–water partition coefficient (Wildman–Crippen LogP) is 3.21. The molecule has 0 bridgehead atoms. The number of methoxy groups -OCH3 is 1. The molecule has 2 N–H and O–H groups in total. The Hall–Kier alpha value is -2.71. The first kappa shape index (κ1) is 23.9. The van der Waals surface area contributed by atoms with Gasteiger partial charge < -0.3 is 10.1 Å². The molecule has 1 aromatic heterocycles. The Kier molecular flexibility index (Phi) is 7.05. The van der Waals surface area contributed by atoms with Crippen molar-refractivity contribution in [1.29, 1.82) is 0 Å². The van der Waals surface area contributed by atoms with E-state index in [1.807, 2.05) is 6.92 Å². The van der Waals surface area contributed by atoms with E-state index in [2.05, 4.69) is 20.6 Å². The number of halogens is 2. The Balaban J connectivity index is 1.75. The molecule has 1 aliphatic rings. The molecule has 170 valence electrons. The molecule has 32 heavy (non-hydrogen) atoms. The molecule has 0 aliphatic carbocycles. The molecule has 1 aliphatic heterocycles. The summed E-state index contributed by atoms with van der Waals surface area (Å²) in [6.07, 6.45) is 2.18. The molecule has 1 atom stereocenters. The standard InChI is InChI=1S/C22H24Cl2N4O4/c1-11-9-25-20(28-19(11)32-4)22(2,3)21(31)26-10-12-7-14(23)17(15(24)8-12)13-5-6-16(29)27-18(13)30/h7-9,13H,5-6,10H2,1-4H3,(H,26,31)(H,27,29,30). The predicted molar refractivity (Wildman–Crippen MR) is 120 cm³/mol. The summed E-state index contributed by atoms with van der Waals surface area (Å²) in [6, 6.07) is 3.32. The van der Waals surface area contributed by atoms with Crippen LogP contribution >= 0.6 is 23.2 Å². The van der Waals surface area contributed by atoms with Crippen LogP contribution in [0.4, 0.5) is 0 Å². The highest BCUT2D eigenvalue weighted by Gasteiger charge is 2.34. The van der Waals surface area contributed by atoms with Gasteiger partial charge in [-0.25, -0.2) is 4.98 Å². The molecule has 1 saturated heterocycles. The van der Waals surface area contributed by atoms with E-state index in [1.54, 1.807) is 32.2 Å². The molecule has 1 fully saturated rings. The second-order valence-corrected chi connectivity index (χ2v) is 8.98. The molecule has 2 heterocycles. The molecule has 1 unspecified atom stereocenters. The molecule has 10 heteroatoms. The number of rotatable bonds is 6. The third kappa shape index (κ3) is 4.86. The Morgan fingerprint density at radius 3 is 2.53 bits per heavy atom. The van der Waals surface area contributed by atoms with Crippen LogP contribution in [0.2, 0.25) is 10.0 Å². The molecular weight excluding hydrogens is 455 g/mol. The van der Waals surface area contributed by atoms with E-state index in [-0.39, 0.29) is 24.8 Å². The Morgan fingerprint density at radius 1 is 1.28 bits per heavy atom. The van der Waals surface area contributed by atoms with E-state index in [4.69, 9.17) is 27.9 Å². The maximum absolute atomic E-state index is 12.9. The minimum Gasteiger partial charge on any atom is -0.481 e. The molecule has 0 spiro atoms. The number of hydrogen-bond acceptors (Lipinski definition) is 6. The van der Waals surface area contributed by atoms with Gasteiger partial charge in [0, 0.05) is 40.3 Å². The lowest BCUT2D eigenvalue weighted by Crippen LogP contribution is -2.41. The van der Waals surface area contributed by atoms with Gasteiger partial charge in [-0.1, -0.05) is 23.2 Å². The average Bonchev–Trinajstić information content (AvgIpc) is 2.73. The van der Waals surface area contributed by atoms with Crippen LogP contribution in [-0.4, -0.2) is 34.8 Å². The van der Waals surface area contributed by atoms with Crippen molar-refractivity contribution in [2.75, 3.05) is 7.11 Å². The van der Waals surface area contributed by atoms with Gasteiger partial charge in [0.25, 0.3) is 0 Å². The van der Waals surface area contributed by atoms with Gasteiger partial charge in [0.05, 0.1) is 13.0 Å². The van der Waals surface area contributed by atoms with Gasteiger partial charge in [0.2, 0.25) is 23.6 Å². The van der Waals surface area contributed by atoms with Crippen LogP contribution in [0.3, 0.4) is 0 Å². The zero-order valence-electron chi connectivity index (χ0n) is 18.2. The zero-order chi connectivity index (χ0) is 23.6. The highest BCUT2D eigenvalue weighted by atomic mass is 35.5. The largest absolute Gasteiger partial charge is 0.481 e. The van der Waals surface area contributed by atoms with E-state index in [0.29, 0.717) is 39.3 Å². The molecule has 0 saturated carbocycles. The average molecular weight is 479 g/mol. The number of ether oxygens (including phenoxy) is 1. The second-order valence-electron chi connectivity index (χ2n) is 8.17. The molecule has 3 amide bonds. The fourth-order valence-electron chi connectivity index (χ4n) is 3.48. The number of nitrogens with zero attached hydrogens (tertiary/aromatic N) is 2.